The molecule has 6 heteroatoms. The highest BCUT2D eigenvalue weighted by molar-refractivity contribution is 6.28. The van der Waals surface area contributed by atoms with Gasteiger partial charge in [-0.05, 0) is 24.6 Å². The number of halogens is 1. The lowest BCUT2D eigenvalue weighted by Crippen LogP contribution is -2.37. The first kappa shape index (κ1) is 11.2. The smallest absolute Gasteiger partial charge is 0.224 e. The van der Waals surface area contributed by atoms with Gasteiger partial charge in [0, 0.05) is 12.7 Å². The molecule has 0 spiro atoms. The number of rotatable bonds is 4. The van der Waals surface area contributed by atoms with E-state index in [2.05, 4.69) is 15.3 Å². The van der Waals surface area contributed by atoms with E-state index in [4.69, 9.17) is 16.7 Å². The van der Waals surface area contributed by atoms with Gasteiger partial charge in [0.2, 0.25) is 5.28 Å². The molecule has 0 aliphatic heterocycles. The number of nitrogens with one attached hydrogen (secondary N) is 1. The van der Waals surface area contributed by atoms with Crippen LogP contribution in [0.4, 0.5) is 5.82 Å². The molecule has 0 saturated carbocycles. The highest BCUT2D eigenvalue weighted by atomic mass is 35.5. The van der Waals surface area contributed by atoms with E-state index in [-0.39, 0.29) is 18.4 Å². The summed E-state index contributed by atoms with van der Waals surface area (Å²) in [6.07, 6.45) is 1.51. The minimum atomic E-state index is -1.17. The van der Waals surface area contributed by atoms with Gasteiger partial charge in [-0.25, -0.2) is 9.97 Å². The minimum Gasteiger partial charge on any atom is -0.393 e. The Morgan fingerprint density at radius 1 is 1.64 bits per heavy atom. The first-order chi connectivity index (χ1) is 6.53. The number of anilines is 1. The molecule has 1 atom stereocenters. The van der Waals surface area contributed by atoms with Crippen LogP contribution in [0.5, 0.6) is 0 Å². The standard InChI is InChI=1S/C8H12ClN3O2/c1-8(14,5-13)4-11-6-2-3-10-7(9)12-6/h2-3,13-14H,4-5H2,1H3,(H,10,11,12). The second-order valence-corrected chi connectivity index (χ2v) is 3.56. The molecule has 0 fully saturated rings. The molecule has 1 aromatic rings. The fraction of sp³-hybridized carbons (Fsp3) is 0.500. The predicted octanol–water partition coefficient (Wildman–Crippen LogP) is 0.285. The molecule has 0 radical (unpaired) electrons. The minimum absolute atomic E-state index is 0.138. The van der Waals surface area contributed by atoms with Crippen LogP contribution in [0.1, 0.15) is 6.92 Å². The molecule has 3 N–H and O–H groups in total. The van der Waals surface area contributed by atoms with Crippen molar-refractivity contribution in [3.8, 4) is 0 Å². The number of aliphatic hydroxyl groups is 2. The molecule has 0 saturated heterocycles. The van der Waals surface area contributed by atoms with Crippen molar-refractivity contribution in [3.05, 3.63) is 17.5 Å². The summed E-state index contributed by atoms with van der Waals surface area (Å²) in [5.74, 6) is 0.513. The van der Waals surface area contributed by atoms with E-state index in [0.29, 0.717) is 5.82 Å². The lowest BCUT2D eigenvalue weighted by Gasteiger charge is -2.20. The number of nitrogens with zero attached hydrogens (tertiary/aromatic N) is 2. The van der Waals surface area contributed by atoms with Crippen LogP contribution in [-0.2, 0) is 0 Å². The topological polar surface area (TPSA) is 78.3 Å². The molecule has 5 nitrogen and oxygen atoms in total. The van der Waals surface area contributed by atoms with Crippen LogP contribution in [0.3, 0.4) is 0 Å². The summed E-state index contributed by atoms with van der Waals surface area (Å²) in [7, 11) is 0. The summed E-state index contributed by atoms with van der Waals surface area (Å²) in [5.41, 5.74) is -1.17. The molecule has 78 valence electrons. The van der Waals surface area contributed by atoms with Gasteiger partial charge < -0.3 is 15.5 Å². The third kappa shape index (κ3) is 3.45. The molecule has 0 amide bonds. The number of hydrogen-bond donors (Lipinski definition) is 3. The summed E-state index contributed by atoms with van der Waals surface area (Å²) in [4.78, 5) is 7.57. The van der Waals surface area contributed by atoms with Gasteiger partial charge in [0.25, 0.3) is 0 Å². The Bertz CT molecular complexity index is 306. The normalized spacial score (nSPS) is 14.9. The third-order valence-corrected chi connectivity index (χ3v) is 1.80. The molecule has 0 bridgehead atoms. The zero-order chi connectivity index (χ0) is 10.6. The number of hydrogen-bond acceptors (Lipinski definition) is 5. The lowest BCUT2D eigenvalue weighted by atomic mass is 10.1. The Morgan fingerprint density at radius 3 is 2.93 bits per heavy atom. The molecule has 0 aliphatic rings. The van der Waals surface area contributed by atoms with Crippen LogP contribution in [0.15, 0.2) is 12.3 Å². The van der Waals surface area contributed by atoms with Crippen LogP contribution in [0.25, 0.3) is 0 Å². The Labute approximate surface area is 86.8 Å². The molecule has 1 unspecified atom stereocenters. The van der Waals surface area contributed by atoms with Crippen LogP contribution < -0.4 is 5.32 Å². The first-order valence-electron chi connectivity index (χ1n) is 4.09. The zero-order valence-electron chi connectivity index (χ0n) is 7.74. The molecule has 1 aromatic heterocycles. The molecule has 1 heterocycles. The lowest BCUT2D eigenvalue weighted by molar-refractivity contribution is 0.0131. The highest BCUT2D eigenvalue weighted by Crippen LogP contribution is 2.08. The number of aliphatic hydroxyl groups excluding tert-OH is 1. The van der Waals surface area contributed by atoms with E-state index in [1.54, 1.807) is 6.07 Å². The summed E-state index contributed by atoms with van der Waals surface area (Å²) in [6.45, 7) is 1.39. The van der Waals surface area contributed by atoms with Gasteiger partial charge in [0.1, 0.15) is 11.4 Å². The summed E-state index contributed by atoms with van der Waals surface area (Å²) >= 11 is 5.55. The van der Waals surface area contributed by atoms with Crippen LogP contribution >= 0.6 is 11.6 Å². The van der Waals surface area contributed by atoms with Crippen LogP contribution in [0.2, 0.25) is 5.28 Å². The zero-order valence-corrected chi connectivity index (χ0v) is 8.49. The van der Waals surface area contributed by atoms with E-state index in [9.17, 15) is 5.11 Å². The van der Waals surface area contributed by atoms with Gasteiger partial charge in [-0.1, -0.05) is 0 Å². The summed E-state index contributed by atoms with van der Waals surface area (Å²) in [5, 5.41) is 21.2. The Balaban J connectivity index is 2.54. The van der Waals surface area contributed by atoms with Crippen LogP contribution in [-0.4, -0.2) is 38.9 Å². The monoisotopic (exact) mass is 217 g/mol. The second kappa shape index (κ2) is 4.54. The highest BCUT2D eigenvalue weighted by Gasteiger charge is 2.18. The summed E-state index contributed by atoms with van der Waals surface area (Å²) < 4.78 is 0. The van der Waals surface area contributed by atoms with Crippen LogP contribution in [0, 0.1) is 0 Å². The van der Waals surface area contributed by atoms with E-state index in [1.807, 2.05) is 0 Å². The van der Waals surface area contributed by atoms with Crippen molar-refractivity contribution in [1.29, 1.82) is 0 Å². The molecule has 0 aliphatic carbocycles. The van der Waals surface area contributed by atoms with Gasteiger partial charge in [0.15, 0.2) is 0 Å². The van der Waals surface area contributed by atoms with Crippen molar-refractivity contribution in [3.63, 3.8) is 0 Å². The maximum atomic E-state index is 9.46. The van der Waals surface area contributed by atoms with Gasteiger partial charge in [-0.3, -0.25) is 0 Å². The Kier molecular flexibility index (Phi) is 3.62. The number of aromatic nitrogens is 2. The van der Waals surface area contributed by atoms with Crippen molar-refractivity contribution in [2.45, 2.75) is 12.5 Å². The fourth-order valence-corrected chi connectivity index (χ4v) is 0.918. The first-order valence-corrected chi connectivity index (χ1v) is 4.47. The van der Waals surface area contributed by atoms with E-state index in [0.717, 1.165) is 0 Å². The second-order valence-electron chi connectivity index (χ2n) is 3.22. The molecule has 1 rings (SSSR count). The Morgan fingerprint density at radius 2 is 2.36 bits per heavy atom. The van der Waals surface area contributed by atoms with Gasteiger partial charge in [-0.2, -0.15) is 0 Å². The average Bonchev–Trinajstić information content (AvgIpc) is 2.15. The summed E-state index contributed by atoms with van der Waals surface area (Å²) in [6, 6.07) is 1.62. The molecular weight excluding hydrogens is 206 g/mol. The quantitative estimate of drug-likeness (QED) is 0.632. The maximum absolute atomic E-state index is 9.46. The molecule has 0 aromatic carbocycles. The fourth-order valence-electron chi connectivity index (χ4n) is 0.770. The van der Waals surface area contributed by atoms with E-state index in [1.165, 1.54) is 13.1 Å². The third-order valence-electron chi connectivity index (χ3n) is 1.62. The van der Waals surface area contributed by atoms with Gasteiger partial charge in [-0.15, -0.1) is 0 Å². The Hall–Kier alpha value is -0.910. The SMILES string of the molecule is CC(O)(CO)CNc1ccnc(Cl)n1. The van der Waals surface area contributed by atoms with Crippen molar-refractivity contribution in [2.75, 3.05) is 18.5 Å². The van der Waals surface area contributed by atoms with Crippen molar-refractivity contribution in [1.82, 2.24) is 9.97 Å². The van der Waals surface area contributed by atoms with Gasteiger partial charge >= 0.3 is 0 Å². The average molecular weight is 218 g/mol. The predicted molar refractivity (Wildman–Crippen MR) is 53.2 cm³/mol. The van der Waals surface area contributed by atoms with E-state index < -0.39 is 5.60 Å². The van der Waals surface area contributed by atoms with E-state index >= 15 is 0 Å². The van der Waals surface area contributed by atoms with Crippen molar-refractivity contribution < 1.29 is 10.2 Å². The van der Waals surface area contributed by atoms with Crippen molar-refractivity contribution >= 4 is 17.4 Å². The maximum Gasteiger partial charge on any atom is 0.224 e. The molecular formula is C8H12ClN3O2. The molecule has 14 heavy (non-hydrogen) atoms. The van der Waals surface area contributed by atoms with Gasteiger partial charge in [0.05, 0.1) is 6.61 Å². The van der Waals surface area contributed by atoms with Crippen molar-refractivity contribution in [2.24, 2.45) is 0 Å². The largest absolute Gasteiger partial charge is 0.393 e.